The van der Waals surface area contributed by atoms with Crippen LogP contribution in [0.4, 0.5) is 0 Å². The van der Waals surface area contributed by atoms with Crippen LogP contribution in [0.15, 0.2) is 18.2 Å². The Morgan fingerprint density at radius 1 is 1.32 bits per heavy atom. The molecule has 1 aromatic rings. The summed E-state index contributed by atoms with van der Waals surface area (Å²) < 4.78 is 0. The van der Waals surface area contributed by atoms with Crippen LogP contribution in [0, 0.1) is 6.92 Å². The lowest BCUT2D eigenvalue weighted by molar-refractivity contribution is 0.0311. The number of aromatic hydroxyl groups is 1. The number of benzene rings is 1. The molecule has 104 valence electrons. The highest BCUT2D eigenvalue weighted by Crippen LogP contribution is 2.22. The van der Waals surface area contributed by atoms with Crippen LogP contribution >= 0.6 is 0 Å². The van der Waals surface area contributed by atoms with Gasteiger partial charge >= 0.3 is 0 Å². The zero-order chi connectivity index (χ0) is 14.2. The molecule has 1 aromatic carbocycles. The number of carbonyl (C=O) groups is 1. The molecule has 1 aliphatic heterocycles. The maximum atomic E-state index is 12.6. The van der Waals surface area contributed by atoms with E-state index < -0.39 is 0 Å². The Labute approximate surface area is 114 Å². The van der Waals surface area contributed by atoms with Crippen LogP contribution in [-0.2, 0) is 0 Å². The van der Waals surface area contributed by atoms with Crippen molar-refractivity contribution in [3.05, 3.63) is 29.3 Å². The number of hydrogen-bond donors (Lipinski definition) is 1. The van der Waals surface area contributed by atoms with E-state index >= 15 is 0 Å². The Bertz CT molecular complexity index is 497. The third kappa shape index (κ3) is 2.73. The SMILES string of the molecule is Cc1cc(O)ccc1C(=O)N1CCN(C)C(C)(C)C1. The standard InChI is InChI=1S/C15H22N2O2/c1-11-9-12(18)5-6-13(11)14(19)17-8-7-16(4)15(2,3)10-17/h5-6,9,18H,7-8,10H2,1-4H3. The van der Waals surface area contributed by atoms with Gasteiger partial charge in [-0.15, -0.1) is 0 Å². The Hall–Kier alpha value is -1.55. The number of aryl methyl sites for hydroxylation is 1. The topological polar surface area (TPSA) is 43.8 Å². The van der Waals surface area contributed by atoms with Gasteiger partial charge < -0.3 is 10.0 Å². The summed E-state index contributed by atoms with van der Waals surface area (Å²) in [5.41, 5.74) is 1.50. The third-order valence-corrected chi connectivity index (χ3v) is 4.04. The molecule has 1 heterocycles. The Balaban J connectivity index is 2.21. The quantitative estimate of drug-likeness (QED) is 0.840. The lowest BCUT2D eigenvalue weighted by Gasteiger charge is -2.45. The highest BCUT2D eigenvalue weighted by molar-refractivity contribution is 5.96. The number of nitrogens with zero attached hydrogens (tertiary/aromatic N) is 2. The fourth-order valence-electron chi connectivity index (χ4n) is 2.47. The van der Waals surface area contributed by atoms with Gasteiger partial charge in [0, 0.05) is 30.7 Å². The summed E-state index contributed by atoms with van der Waals surface area (Å²) in [6.45, 7) is 8.51. The van der Waals surface area contributed by atoms with Crippen LogP contribution in [0.5, 0.6) is 5.75 Å². The summed E-state index contributed by atoms with van der Waals surface area (Å²) in [4.78, 5) is 16.7. The summed E-state index contributed by atoms with van der Waals surface area (Å²) in [5.74, 6) is 0.256. The molecule has 4 heteroatoms. The van der Waals surface area contributed by atoms with Gasteiger partial charge in [0.15, 0.2) is 0 Å². The molecule has 1 amide bonds. The second-order valence-electron chi connectivity index (χ2n) is 5.96. The predicted molar refractivity (Wildman–Crippen MR) is 75.5 cm³/mol. The number of hydrogen-bond acceptors (Lipinski definition) is 3. The first-order valence-corrected chi connectivity index (χ1v) is 6.61. The lowest BCUT2D eigenvalue weighted by atomic mass is 9.98. The molecule has 0 radical (unpaired) electrons. The van der Waals surface area contributed by atoms with Crippen molar-refractivity contribution in [2.75, 3.05) is 26.7 Å². The zero-order valence-electron chi connectivity index (χ0n) is 12.1. The number of carbonyl (C=O) groups excluding carboxylic acids is 1. The summed E-state index contributed by atoms with van der Waals surface area (Å²) in [7, 11) is 2.09. The first-order chi connectivity index (χ1) is 8.81. The van der Waals surface area contributed by atoms with Crippen molar-refractivity contribution in [2.24, 2.45) is 0 Å². The predicted octanol–water partition coefficient (Wildman–Crippen LogP) is 1.87. The van der Waals surface area contributed by atoms with E-state index in [9.17, 15) is 9.90 Å². The largest absolute Gasteiger partial charge is 0.508 e. The normalized spacial score (nSPS) is 19.5. The van der Waals surface area contributed by atoms with Crippen molar-refractivity contribution >= 4 is 5.91 Å². The number of phenols is 1. The van der Waals surface area contributed by atoms with Crippen molar-refractivity contribution in [2.45, 2.75) is 26.3 Å². The van der Waals surface area contributed by atoms with Crippen LogP contribution in [0.1, 0.15) is 29.8 Å². The van der Waals surface area contributed by atoms with E-state index in [-0.39, 0.29) is 17.2 Å². The van der Waals surface area contributed by atoms with E-state index in [1.165, 1.54) is 0 Å². The number of phenolic OH excluding ortho intramolecular Hbond substituents is 1. The highest BCUT2D eigenvalue weighted by atomic mass is 16.3. The average molecular weight is 262 g/mol. The molecule has 0 aliphatic carbocycles. The molecule has 1 saturated heterocycles. The van der Waals surface area contributed by atoms with Crippen molar-refractivity contribution in [3.8, 4) is 5.75 Å². The number of piperazine rings is 1. The molecule has 0 saturated carbocycles. The van der Waals surface area contributed by atoms with Gasteiger partial charge in [0.2, 0.25) is 0 Å². The van der Waals surface area contributed by atoms with Crippen LogP contribution in [0.3, 0.4) is 0 Å². The molecule has 19 heavy (non-hydrogen) atoms. The summed E-state index contributed by atoms with van der Waals surface area (Å²) >= 11 is 0. The summed E-state index contributed by atoms with van der Waals surface area (Å²) in [6.07, 6.45) is 0. The van der Waals surface area contributed by atoms with E-state index in [4.69, 9.17) is 0 Å². The van der Waals surface area contributed by atoms with Gasteiger partial charge in [0.1, 0.15) is 5.75 Å². The second-order valence-corrected chi connectivity index (χ2v) is 5.96. The van der Waals surface area contributed by atoms with Crippen molar-refractivity contribution in [1.29, 1.82) is 0 Å². The minimum Gasteiger partial charge on any atom is -0.508 e. The highest BCUT2D eigenvalue weighted by Gasteiger charge is 2.33. The van der Waals surface area contributed by atoms with Gasteiger partial charge in [-0.3, -0.25) is 9.69 Å². The summed E-state index contributed by atoms with van der Waals surface area (Å²) in [6, 6.07) is 4.91. The van der Waals surface area contributed by atoms with Gasteiger partial charge in [-0.1, -0.05) is 0 Å². The number of likely N-dealkylation sites (N-methyl/N-ethyl adjacent to an activating group) is 1. The monoisotopic (exact) mass is 262 g/mol. The van der Waals surface area contributed by atoms with E-state index in [0.29, 0.717) is 5.56 Å². The smallest absolute Gasteiger partial charge is 0.254 e. The average Bonchev–Trinajstić information content (AvgIpc) is 2.32. The van der Waals surface area contributed by atoms with Crippen molar-refractivity contribution in [1.82, 2.24) is 9.80 Å². The molecule has 2 rings (SSSR count). The van der Waals surface area contributed by atoms with E-state index in [1.54, 1.807) is 18.2 Å². The van der Waals surface area contributed by atoms with Crippen molar-refractivity contribution < 1.29 is 9.90 Å². The van der Waals surface area contributed by atoms with Crippen LogP contribution in [0.25, 0.3) is 0 Å². The zero-order valence-corrected chi connectivity index (χ0v) is 12.1. The molecule has 0 aromatic heterocycles. The minimum absolute atomic E-state index is 0.00126. The molecule has 1 N–H and O–H groups in total. The summed E-state index contributed by atoms with van der Waals surface area (Å²) in [5, 5.41) is 9.42. The van der Waals surface area contributed by atoms with Gasteiger partial charge in [0.05, 0.1) is 0 Å². The maximum absolute atomic E-state index is 12.6. The number of rotatable bonds is 1. The molecule has 1 aliphatic rings. The molecule has 0 bridgehead atoms. The second kappa shape index (κ2) is 4.85. The van der Waals surface area contributed by atoms with Crippen LogP contribution in [-0.4, -0.2) is 53.0 Å². The Morgan fingerprint density at radius 2 is 2.00 bits per heavy atom. The first kappa shape index (κ1) is 13.9. The molecule has 0 unspecified atom stereocenters. The van der Waals surface area contributed by atoms with Gasteiger partial charge in [-0.05, 0) is 51.6 Å². The molecular weight excluding hydrogens is 240 g/mol. The maximum Gasteiger partial charge on any atom is 0.254 e. The minimum atomic E-state index is -0.00126. The van der Waals surface area contributed by atoms with Gasteiger partial charge in [0.25, 0.3) is 5.91 Å². The van der Waals surface area contributed by atoms with Gasteiger partial charge in [-0.2, -0.15) is 0 Å². The molecule has 0 atom stereocenters. The molecule has 0 spiro atoms. The van der Waals surface area contributed by atoms with Crippen molar-refractivity contribution in [3.63, 3.8) is 0 Å². The lowest BCUT2D eigenvalue weighted by Crippen LogP contribution is -2.58. The number of amides is 1. The fraction of sp³-hybridized carbons (Fsp3) is 0.533. The molecule has 1 fully saturated rings. The fourth-order valence-corrected chi connectivity index (χ4v) is 2.47. The first-order valence-electron chi connectivity index (χ1n) is 6.61. The van der Waals surface area contributed by atoms with E-state index in [1.807, 2.05) is 11.8 Å². The molecular formula is C15H22N2O2. The van der Waals surface area contributed by atoms with Crippen LogP contribution in [0.2, 0.25) is 0 Å². The van der Waals surface area contributed by atoms with Gasteiger partial charge in [-0.25, -0.2) is 0 Å². The molecule has 4 nitrogen and oxygen atoms in total. The Morgan fingerprint density at radius 3 is 2.58 bits per heavy atom. The van der Waals surface area contributed by atoms with E-state index in [0.717, 1.165) is 25.2 Å². The van der Waals surface area contributed by atoms with E-state index in [2.05, 4.69) is 25.8 Å². The Kier molecular flexibility index (Phi) is 3.54. The van der Waals surface area contributed by atoms with Crippen LogP contribution < -0.4 is 0 Å². The third-order valence-electron chi connectivity index (χ3n) is 4.04.